The van der Waals surface area contributed by atoms with Gasteiger partial charge in [-0.05, 0) is 23.6 Å². The molecule has 1 aromatic rings. The molecular formula is C11H14O3. The Morgan fingerprint density at radius 1 is 1.36 bits per heavy atom. The lowest BCUT2D eigenvalue weighted by Gasteiger charge is -2.14. The molecule has 0 saturated heterocycles. The first-order chi connectivity index (χ1) is 6.52. The second kappa shape index (κ2) is 4.24. The molecule has 3 nitrogen and oxygen atoms in total. The molecule has 1 aromatic carbocycles. The Balaban J connectivity index is 2.99. The fourth-order valence-electron chi connectivity index (χ4n) is 1.24. The number of carboxylic acids is 1. The Morgan fingerprint density at radius 3 is 2.50 bits per heavy atom. The number of hydrogen-bond donors (Lipinski definition) is 2. The van der Waals surface area contributed by atoms with E-state index in [4.69, 9.17) is 5.11 Å². The van der Waals surface area contributed by atoms with Gasteiger partial charge >= 0.3 is 5.97 Å². The fourth-order valence-corrected chi connectivity index (χ4v) is 1.24. The predicted octanol–water partition coefficient (Wildman–Crippen LogP) is 2.07. The Hall–Kier alpha value is -1.35. The molecule has 76 valence electrons. The molecule has 1 rings (SSSR count). The number of hydrogen-bond acceptors (Lipinski definition) is 2. The minimum atomic E-state index is -0.970. The van der Waals surface area contributed by atoms with Crippen molar-refractivity contribution in [3.05, 3.63) is 35.4 Å². The van der Waals surface area contributed by atoms with E-state index in [2.05, 4.69) is 0 Å². The Bertz CT molecular complexity index is 331. The van der Waals surface area contributed by atoms with Gasteiger partial charge in [-0.25, -0.2) is 4.79 Å². The van der Waals surface area contributed by atoms with Gasteiger partial charge in [0.05, 0.1) is 11.7 Å². The van der Waals surface area contributed by atoms with Crippen LogP contribution in [0.25, 0.3) is 0 Å². The summed E-state index contributed by atoms with van der Waals surface area (Å²) in [6.07, 6.45) is -0.603. The number of carboxylic acid groups (broad SMARTS) is 1. The highest BCUT2D eigenvalue weighted by atomic mass is 16.4. The highest BCUT2D eigenvalue weighted by Gasteiger charge is 2.13. The van der Waals surface area contributed by atoms with E-state index < -0.39 is 12.1 Å². The van der Waals surface area contributed by atoms with Crippen molar-refractivity contribution in [3.8, 4) is 0 Å². The molecule has 2 N–H and O–H groups in total. The van der Waals surface area contributed by atoms with E-state index in [0.717, 1.165) is 0 Å². The van der Waals surface area contributed by atoms with Crippen LogP contribution >= 0.6 is 0 Å². The van der Waals surface area contributed by atoms with Crippen molar-refractivity contribution in [2.75, 3.05) is 0 Å². The van der Waals surface area contributed by atoms with Gasteiger partial charge < -0.3 is 10.2 Å². The maximum absolute atomic E-state index is 10.7. The zero-order valence-electron chi connectivity index (χ0n) is 8.27. The smallest absolute Gasteiger partial charge is 0.335 e. The van der Waals surface area contributed by atoms with Crippen molar-refractivity contribution < 1.29 is 15.0 Å². The summed E-state index contributed by atoms with van der Waals surface area (Å²) in [7, 11) is 0. The highest BCUT2D eigenvalue weighted by molar-refractivity contribution is 5.87. The second-order valence-electron chi connectivity index (χ2n) is 3.62. The van der Waals surface area contributed by atoms with Crippen LogP contribution < -0.4 is 0 Å². The molecule has 0 fully saturated rings. The molecule has 0 heterocycles. The first-order valence-corrected chi connectivity index (χ1v) is 4.53. The molecule has 0 amide bonds. The molecule has 0 saturated carbocycles. The topological polar surface area (TPSA) is 57.5 Å². The van der Waals surface area contributed by atoms with Crippen LogP contribution in [0, 0.1) is 5.92 Å². The second-order valence-corrected chi connectivity index (χ2v) is 3.62. The lowest BCUT2D eigenvalue weighted by Crippen LogP contribution is -2.06. The molecule has 0 aliphatic rings. The summed E-state index contributed by atoms with van der Waals surface area (Å²) in [5, 5.41) is 18.5. The Kier molecular flexibility index (Phi) is 3.25. The largest absolute Gasteiger partial charge is 0.478 e. The monoisotopic (exact) mass is 194 g/mol. The first kappa shape index (κ1) is 10.7. The van der Waals surface area contributed by atoms with Gasteiger partial charge in [0.15, 0.2) is 0 Å². The third-order valence-electron chi connectivity index (χ3n) is 2.11. The van der Waals surface area contributed by atoms with E-state index in [1.807, 2.05) is 13.8 Å². The van der Waals surface area contributed by atoms with Crippen LogP contribution in [0.5, 0.6) is 0 Å². The zero-order chi connectivity index (χ0) is 10.7. The van der Waals surface area contributed by atoms with Gasteiger partial charge in [-0.1, -0.05) is 26.0 Å². The van der Waals surface area contributed by atoms with Crippen molar-refractivity contribution in [1.29, 1.82) is 0 Å². The number of aliphatic hydroxyl groups excluding tert-OH is 1. The predicted molar refractivity (Wildman–Crippen MR) is 53.2 cm³/mol. The van der Waals surface area contributed by atoms with Crippen LogP contribution in [0.4, 0.5) is 0 Å². The maximum atomic E-state index is 10.7. The van der Waals surface area contributed by atoms with Crippen molar-refractivity contribution in [2.24, 2.45) is 5.92 Å². The third kappa shape index (κ3) is 2.33. The first-order valence-electron chi connectivity index (χ1n) is 4.53. The van der Waals surface area contributed by atoms with Crippen LogP contribution in [0.3, 0.4) is 0 Å². The maximum Gasteiger partial charge on any atom is 0.335 e. The standard InChI is InChI=1S/C11H14O3/c1-7(2)10(12)8-4-3-5-9(6-8)11(13)14/h3-7,10,12H,1-2H3,(H,13,14). The van der Waals surface area contributed by atoms with E-state index in [-0.39, 0.29) is 11.5 Å². The number of rotatable bonds is 3. The lowest BCUT2D eigenvalue weighted by molar-refractivity contribution is 0.0696. The van der Waals surface area contributed by atoms with E-state index in [0.29, 0.717) is 5.56 Å². The minimum Gasteiger partial charge on any atom is -0.478 e. The van der Waals surface area contributed by atoms with Gasteiger partial charge in [0.2, 0.25) is 0 Å². The molecule has 0 bridgehead atoms. The normalized spacial score (nSPS) is 12.9. The molecule has 1 unspecified atom stereocenters. The fraction of sp³-hybridized carbons (Fsp3) is 0.364. The van der Waals surface area contributed by atoms with E-state index in [1.54, 1.807) is 12.1 Å². The Morgan fingerprint density at radius 2 is 2.00 bits per heavy atom. The minimum absolute atomic E-state index is 0.0824. The van der Waals surface area contributed by atoms with Crippen LogP contribution in [0.2, 0.25) is 0 Å². The highest BCUT2D eigenvalue weighted by Crippen LogP contribution is 2.21. The van der Waals surface area contributed by atoms with Crippen LogP contribution in [-0.2, 0) is 0 Å². The number of aromatic carboxylic acids is 1. The number of benzene rings is 1. The van der Waals surface area contributed by atoms with Gasteiger partial charge in [-0.2, -0.15) is 0 Å². The summed E-state index contributed by atoms with van der Waals surface area (Å²) in [5.41, 5.74) is 0.863. The van der Waals surface area contributed by atoms with Gasteiger partial charge in [0, 0.05) is 0 Å². The van der Waals surface area contributed by atoms with E-state index >= 15 is 0 Å². The van der Waals surface area contributed by atoms with E-state index in [1.165, 1.54) is 12.1 Å². The van der Waals surface area contributed by atoms with Crippen LogP contribution in [-0.4, -0.2) is 16.2 Å². The summed E-state index contributed by atoms with van der Waals surface area (Å²) < 4.78 is 0. The number of aliphatic hydroxyl groups is 1. The SMILES string of the molecule is CC(C)C(O)c1cccc(C(=O)O)c1. The molecular weight excluding hydrogens is 180 g/mol. The average Bonchev–Trinajstić information content (AvgIpc) is 2.16. The molecule has 0 radical (unpaired) electrons. The number of carbonyl (C=O) groups is 1. The molecule has 0 aliphatic heterocycles. The molecule has 0 aliphatic carbocycles. The van der Waals surface area contributed by atoms with Crippen LogP contribution in [0.1, 0.15) is 35.9 Å². The summed E-state index contributed by atoms with van der Waals surface area (Å²) in [5.74, 6) is -0.887. The molecule has 0 aromatic heterocycles. The summed E-state index contributed by atoms with van der Waals surface area (Å²) in [6, 6.07) is 6.40. The summed E-state index contributed by atoms with van der Waals surface area (Å²) in [6.45, 7) is 3.77. The molecule has 14 heavy (non-hydrogen) atoms. The summed E-state index contributed by atoms with van der Waals surface area (Å²) >= 11 is 0. The molecule has 0 spiro atoms. The average molecular weight is 194 g/mol. The zero-order valence-corrected chi connectivity index (χ0v) is 8.27. The van der Waals surface area contributed by atoms with Crippen molar-refractivity contribution in [3.63, 3.8) is 0 Å². The van der Waals surface area contributed by atoms with Gasteiger partial charge in [-0.3, -0.25) is 0 Å². The Labute approximate surface area is 83.0 Å². The van der Waals surface area contributed by atoms with Crippen LogP contribution in [0.15, 0.2) is 24.3 Å². The van der Waals surface area contributed by atoms with Gasteiger partial charge in [0.1, 0.15) is 0 Å². The molecule has 1 atom stereocenters. The van der Waals surface area contributed by atoms with Gasteiger partial charge in [-0.15, -0.1) is 0 Å². The quantitative estimate of drug-likeness (QED) is 0.774. The van der Waals surface area contributed by atoms with E-state index in [9.17, 15) is 9.90 Å². The van der Waals surface area contributed by atoms with Crippen molar-refractivity contribution in [1.82, 2.24) is 0 Å². The van der Waals surface area contributed by atoms with Crippen molar-refractivity contribution >= 4 is 5.97 Å². The lowest BCUT2D eigenvalue weighted by atomic mass is 9.98. The third-order valence-corrected chi connectivity index (χ3v) is 2.11. The molecule has 3 heteroatoms. The van der Waals surface area contributed by atoms with Gasteiger partial charge in [0.25, 0.3) is 0 Å². The summed E-state index contributed by atoms with van der Waals surface area (Å²) in [4.78, 5) is 10.7. The van der Waals surface area contributed by atoms with Crippen molar-refractivity contribution in [2.45, 2.75) is 20.0 Å².